The molecule has 2 rings (SSSR count). The van der Waals surface area contributed by atoms with Gasteiger partial charge in [0.15, 0.2) is 0 Å². The first kappa shape index (κ1) is 14.1. The van der Waals surface area contributed by atoms with Crippen LogP contribution in [0.4, 0.5) is 19.0 Å². The van der Waals surface area contributed by atoms with Gasteiger partial charge in [0, 0.05) is 12.6 Å². The number of benzene rings is 1. The molecule has 0 fully saturated rings. The highest BCUT2D eigenvalue weighted by atomic mass is 19.4. The van der Waals surface area contributed by atoms with Crippen LogP contribution < -0.4 is 10.9 Å². The number of halogens is 3. The summed E-state index contributed by atoms with van der Waals surface area (Å²) in [5, 5.41) is 2.72. The van der Waals surface area contributed by atoms with Gasteiger partial charge in [0.25, 0.3) is 5.56 Å². The van der Waals surface area contributed by atoms with Crippen LogP contribution in [-0.4, -0.2) is 9.97 Å². The summed E-state index contributed by atoms with van der Waals surface area (Å²) in [5.74, 6) is 0.632. The van der Waals surface area contributed by atoms with E-state index in [-0.39, 0.29) is 23.5 Å². The molecule has 0 aliphatic carbocycles. The SMILES string of the molecule is Cc1nc(NCc2ccccc2C(F)(F)F)cc(=O)[nH]1. The smallest absolute Gasteiger partial charge is 0.366 e. The summed E-state index contributed by atoms with van der Waals surface area (Å²) in [6.45, 7) is 1.53. The second kappa shape index (κ2) is 5.36. The summed E-state index contributed by atoms with van der Waals surface area (Å²) >= 11 is 0. The molecule has 0 unspecified atom stereocenters. The number of aromatic amines is 1. The standard InChI is InChI=1S/C13H12F3N3O/c1-8-18-11(6-12(20)19-8)17-7-9-4-2-3-5-10(9)13(14,15)16/h2-6H,7H2,1H3,(H2,17,18,19,20). The van der Waals surface area contributed by atoms with Crippen molar-refractivity contribution in [1.82, 2.24) is 9.97 Å². The van der Waals surface area contributed by atoms with Crippen molar-refractivity contribution in [3.8, 4) is 0 Å². The quantitative estimate of drug-likeness (QED) is 0.910. The van der Waals surface area contributed by atoms with E-state index < -0.39 is 11.7 Å². The van der Waals surface area contributed by atoms with Gasteiger partial charge in [-0.2, -0.15) is 13.2 Å². The molecule has 0 atom stereocenters. The summed E-state index contributed by atoms with van der Waals surface area (Å²) < 4.78 is 38.4. The fourth-order valence-electron chi connectivity index (χ4n) is 1.81. The maximum Gasteiger partial charge on any atom is 0.416 e. The lowest BCUT2D eigenvalue weighted by Gasteiger charge is -2.13. The molecule has 2 N–H and O–H groups in total. The Labute approximate surface area is 112 Å². The third kappa shape index (κ3) is 3.37. The van der Waals surface area contributed by atoms with Crippen LogP contribution in [0.2, 0.25) is 0 Å². The molecule has 1 heterocycles. The minimum absolute atomic E-state index is 0.0639. The van der Waals surface area contributed by atoms with Gasteiger partial charge in [-0.05, 0) is 18.6 Å². The summed E-state index contributed by atoms with van der Waals surface area (Å²) in [4.78, 5) is 17.7. The van der Waals surface area contributed by atoms with Crippen molar-refractivity contribution in [3.63, 3.8) is 0 Å². The van der Waals surface area contributed by atoms with Gasteiger partial charge in [0.1, 0.15) is 11.6 Å². The Morgan fingerprint density at radius 1 is 1.30 bits per heavy atom. The van der Waals surface area contributed by atoms with Crippen LogP contribution in [-0.2, 0) is 12.7 Å². The van der Waals surface area contributed by atoms with Gasteiger partial charge in [-0.25, -0.2) is 4.98 Å². The Bertz CT molecular complexity index is 664. The first-order valence-electron chi connectivity index (χ1n) is 5.83. The fraction of sp³-hybridized carbons (Fsp3) is 0.231. The Morgan fingerprint density at radius 3 is 2.65 bits per heavy atom. The van der Waals surface area contributed by atoms with Gasteiger partial charge in [-0.15, -0.1) is 0 Å². The number of alkyl halides is 3. The zero-order valence-electron chi connectivity index (χ0n) is 10.6. The molecule has 0 aliphatic heterocycles. The normalized spacial score (nSPS) is 11.4. The Balaban J connectivity index is 2.21. The van der Waals surface area contributed by atoms with E-state index in [0.29, 0.717) is 5.82 Å². The van der Waals surface area contributed by atoms with Gasteiger partial charge in [0.2, 0.25) is 0 Å². The van der Waals surface area contributed by atoms with E-state index in [0.717, 1.165) is 6.07 Å². The van der Waals surface area contributed by atoms with E-state index in [1.54, 1.807) is 6.92 Å². The number of aryl methyl sites for hydroxylation is 1. The summed E-state index contributed by atoms with van der Waals surface area (Å²) in [7, 11) is 0. The molecule has 106 valence electrons. The molecule has 0 aliphatic rings. The number of nitrogens with zero attached hydrogens (tertiary/aromatic N) is 1. The van der Waals surface area contributed by atoms with Crippen molar-refractivity contribution >= 4 is 5.82 Å². The van der Waals surface area contributed by atoms with E-state index in [9.17, 15) is 18.0 Å². The van der Waals surface area contributed by atoms with Gasteiger partial charge in [-0.1, -0.05) is 18.2 Å². The number of rotatable bonds is 3. The third-order valence-electron chi connectivity index (χ3n) is 2.64. The molecule has 0 bridgehead atoms. The maximum absolute atomic E-state index is 12.8. The molecule has 0 saturated carbocycles. The highest BCUT2D eigenvalue weighted by Crippen LogP contribution is 2.31. The minimum atomic E-state index is -4.41. The third-order valence-corrected chi connectivity index (χ3v) is 2.64. The zero-order valence-corrected chi connectivity index (χ0v) is 10.6. The summed E-state index contributed by atoms with van der Waals surface area (Å²) in [6.07, 6.45) is -4.41. The number of nitrogens with one attached hydrogen (secondary N) is 2. The summed E-state index contributed by atoms with van der Waals surface area (Å²) in [6, 6.07) is 6.47. The molecule has 2 aromatic rings. The predicted molar refractivity (Wildman–Crippen MR) is 68.4 cm³/mol. The molecule has 7 heteroatoms. The maximum atomic E-state index is 12.8. The molecule has 0 spiro atoms. The first-order valence-corrected chi connectivity index (χ1v) is 5.83. The average molecular weight is 283 g/mol. The molecular weight excluding hydrogens is 271 g/mol. The van der Waals surface area contributed by atoms with Crippen LogP contribution in [0.1, 0.15) is 17.0 Å². The Kier molecular flexibility index (Phi) is 3.78. The lowest BCUT2D eigenvalue weighted by Crippen LogP contribution is -2.14. The lowest BCUT2D eigenvalue weighted by molar-refractivity contribution is -0.138. The number of aromatic nitrogens is 2. The fourth-order valence-corrected chi connectivity index (χ4v) is 1.81. The highest BCUT2D eigenvalue weighted by molar-refractivity contribution is 5.37. The monoisotopic (exact) mass is 283 g/mol. The van der Waals surface area contributed by atoms with Crippen LogP contribution in [0.5, 0.6) is 0 Å². The van der Waals surface area contributed by atoms with Gasteiger partial charge >= 0.3 is 6.18 Å². The zero-order chi connectivity index (χ0) is 14.8. The van der Waals surface area contributed by atoms with Crippen LogP contribution in [0.3, 0.4) is 0 Å². The molecule has 0 amide bonds. The first-order chi connectivity index (χ1) is 9.36. The molecule has 1 aromatic heterocycles. The highest BCUT2D eigenvalue weighted by Gasteiger charge is 2.32. The number of hydrogen-bond donors (Lipinski definition) is 2. The van der Waals surface area contributed by atoms with E-state index in [1.807, 2.05) is 0 Å². The van der Waals surface area contributed by atoms with Crippen molar-refractivity contribution in [2.24, 2.45) is 0 Å². The second-order valence-electron chi connectivity index (χ2n) is 4.22. The number of anilines is 1. The average Bonchev–Trinajstić information content (AvgIpc) is 2.34. The molecule has 0 saturated heterocycles. The van der Waals surface area contributed by atoms with E-state index in [4.69, 9.17) is 0 Å². The van der Waals surface area contributed by atoms with Crippen molar-refractivity contribution in [3.05, 3.63) is 57.6 Å². The number of hydrogen-bond acceptors (Lipinski definition) is 3. The Morgan fingerprint density at radius 2 is 2.00 bits per heavy atom. The van der Waals surface area contributed by atoms with Crippen LogP contribution in [0.25, 0.3) is 0 Å². The van der Waals surface area contributed by atoms with Crippen molar-refractivity contribution < 1.29 is 13.2 Å². The van der Waals surface area contributed by atoms with Crippen LogP contribution >= 0.6 is 0 Å². The molecular formula is C13H12F3N3O. The second-order valence-corrected chi connectivity index (χ2v) is 4.22. The van der Waals surface area contributed by atoms with E-state index >= 15 is 0 Å². The molecule has 0 radical (unpaired) electrons. The largest absolute Gasteiger partial charge is 0.416 e. The van der Waals surface area contributed by atoms with Crippen LogP contribution in [0, 0.1) is 6.92 Å². The van der Waals surface area contributed by atoms with Gasteiger partial charge in [0.05, 0.1) is 5.56 Å². The predicted octanol–water partition coefficient (Wildman–Crippen LogP) is 2.71. The Hall–Kier alpha value is -2.31. The van der Waals surface area contributed by atoms with E-state index in [2.05, 4.69) is 15.3 Å². The summed E-state index contributed by atoms with van der Waals surface area (Å²) in [5.41, 5.74) is -0.960. The lowest BCUT2D eigenvalue weighted by atomic mass is 10.1. The van der Waals surface area contributed by atoms with E-state index in [1.165, 1.54) is 24.3 Å². The molecule has 20 heavy (non-hydrogen) atoms. The van der Waals surface area contributed by atoms with Gasteiger partial charge < -0.3 is 10.3 Å². The van der Waals surface area contributed by atoms with Crippen molar-refractivity contribution in [2.45, 2.75) is 19.6 Å². The molecule has 4 nitrogen and oxygen atoms in total. The topological polar surface area (TPSA) is 57.8 Å². The van der Waals surface area contributed by atoms with Crippen molar-refractivity contribution in [2.75, 3.05) is 5.32 Å². The van der Waals surface area contributed by atoms with Gasteiger partial charge in [-0.3, -0.25) is 4.79 Å². The van der Waals surface area contributed by atoms with Crippen molar-refractivity contribution in [1.29, 1.82) is 0 Å². The molecule has 1 aromatic carbocycles. The number of H-pyrrole nitrogens is 1. The van der Waals surface area contributed by atoms with Crippen LogP contribution in [0.15, 0.2) is 35.1 Å². The minimum Gasteiger partial charge on any atom is -0.366 e.